The number of nitrogens with zero attached hydrogens (tertiary/aromatic N) is 1. The van der Waals surface area contributed by atoms with Crippen LogP contribution in [0.4, 0.5) is 5.69 Å². The molecule has 1 heteroatoms. The van der Waals surface area contributed by atoms with Gasteiger partial charge in [0.05, 0.1) is 6.57 Å². The summed E-state index contributed by atoms with van der Waals surface area (Å²) in [6.07, 6.45) is 4.08. The first kappa shape index (κ1) is 12.2. The molecule has 0 spiro atoms. The van der Waals surface area contributed by atoms with E-state index < -0.39 is 0 Å². The van der Waals surface area contributed by atoms with Crippen molar-refractivity contribution in [3.8, 4) is 0 Å². The van der Waals surface area contributed by atoms with E-state index in [1.165, 1.54) is 16.3 Å². The summed E-state index contributed by atoms with van der Waals surface area (Å²) < 4.78 is 0. The van der Waals surface area contributed by atoms with Gasteiger partial charge in [-0.05, 0) is 21.9 Å². The van der Waals surface area contributed by atoms with E-state index in [-0.39, 0.29) is 0 Å². The van der Waals surface area contributed by atoms with Crippen LogP contribution >= 0.6 is 0 Å². The van der Waals surface area contributed by atoms with E-state index in [9.17, 15) is 0 Å². The molecule has 0 aliphatic carbocycles. The molecule has 0 N–H and O–H groups in total. The molecule has 0 aliphatic heterocycles. The van der Waals surface area contributed by atoms with E-state index >= 15 is 0 Å². The van der Waals surface area contributed by atoms with Gasteiger partial charge in [-0.15, -0.1) is 0 Å². The standard InChI is InChI=1S/C19H13N/c1-20-19-12-5-3-8-17(19)14-13-16-10-6-9-15-7-2-4-11-18(15)16/h2-14H/b14-13+. The summed E-state index contributed by atoms with van der Waals surface area (Å²) >= 11 is 0. The van der Waals surface area contributed by atoms with Crippen molar-refractivity contribution in [3.05, 3.63) is 89.3 Å². The molecule has 0 unspecified atom stereocenters. The van der Waals surface area contributed by atoms with Gasteiger partial charge in [0.2, 0.25) is 0 Å². The van der Waals surface area contributed by atoms with Crippen LogP contribution in [0.5, 0.6) is 0 Å². The van der Waals surface area contributed by atoms with Crippen molar-refractivity contribution in [3.63, 3.8) is 0 Å². The lowest BCUT2D eigenvalue weighted by atomic mass is 10.0. The normalized spacial score (nSPS) is 10.8. The van der Waals surface area contributed by atoms with Gasteiger partial charge in [-0.25, -0.2) is 4.85 Å². The van der Waals surface area contributed by atoms with E-state index in [1.807, 2.05) is 42.5 Å². The zero-order valence-electron chi connectivity index (χ0n) is 11.0. The zero-order valence-corrected chi connectivity index (χ0v) is 11.0. The van der Waals surface area contributed by atoms with Crippen LogP contribution in [-0.2, 0) is 0 Å². The smallest absolute Gasteiger partial charge is 0.194 e. The molecule has 94 valence electrons. The van der Waals surface area contributed by atoms with Crippen LogP contribution in [0.25, 0.3) is 27.8 Å². The number of hydrogen-bond donors (Lipinski definition) is 0. The van der Waals surface area contributed by atoms with Crippen molar-refractivity contribution in [1.82, 2.24) is 0 Å². The van der Waals surface area contributed by atoms with Gasteiger partial charge in [-0.1, -0.05) is 78.9 Å². The fourth-order valence-electron chi connectivity index (χ4n) is 2.31. The number of rotatable bonds is 2. The maximum atomic E-state index is 7.19. The van der Waals surface area contributed by atoms with Crippen LogP contribution in [0, 0.1) is 6.57 Å². The summed E-state index contributed by atoms with van der Waals surface area (Å²) in [5, 5.41) is 2.46. The molecule has 0 aliphatic rings. The Morgan fingerprint density at radius 2 is 1.35 bits per heavy atom. The molecule has 0 heterocycles. The van der Waals surface area contributed by atoms with E-state index in [0.717, 1.165) is 5.56 Å². The van der Waals surface area contributed by atoms with Gasteiger partial charge in [0, 0.05) is 0 Å². The third kappa shape index (κ3) is 2.32. The Kier molecular flexibility index (Phi) is 3.31. The second-order valence-electron chi connectivity index (χ2n) is 4.57. The third-order valence-electron chi connectivity index (χ3n) is 3.32. The average molecular weight is 255 g/mol. The number of para-hydroxylation sites is 1. The van der Waals surface area contributed by atoms with Crippen LogP contribution < -0.4 is 0 Å². The quantitative estimate of drug-likeness (QED) is 0.417. The minimum absolute atomic E-state index is 0.684. The van der Waals surface area contributed by atoms with Crippen molar-refractivity contribution >= 4 is 28.6 Å². The summed E-state index contributed by atoms with van der Waals surface area (Å²) in [5.74, 6) is 0. The Labute approximate surface area is 118 Å². The van der Waals surface area contributed by atoms with Crippen molar-refractivity contribution < 1.29 is 0 Å². The van der Waals surface area contributed by atoms with Crippen molar-refractivity contribution in [2.45, 2.75) is 0 Å². The first-order valence-corrected chi connectivity index (χ1v) is 6.51. The van der Waals surface area contributed by atoms with Crippen LogP contribution in [0.3, 0.4) is 0 Å². The van der Waals surface area contributed by atoms with Gasteiger partial charge in [-0.3, -0.25) is 0 Å². The summed E-state index contributed by atoms with van der Waals surface area (Å²) in [5.41, 5.74) is 2.81. The molecule has 0 fully saturated rings. The Morgan fingerprint density at radius 1 is 0.700 bits per heavy atom. The van der Waals surface area contributed by atoms with Crippen molar-refractivity contribution in [1.29, 1.82) is 0 Å². The topological polar surface area (TPSA) is 4.36 Å². The van der Waals surface area contributed by atoms with Gasteiger partial charge in [0.1, 0.15) is 0 Å². The average Bonchev–Trinajstić information content (AvgIpc) is 2.53. The van der Waals surface area contributed by atoms with E-state index in [0.29, 0.717) is 5.69 Å². The fourth-order valence-corrected chi connectivity index (χ4v) is 2.31. The van der Waals surface area contributed by atoms with Gasteiger partial charge < -0.3 is 0 Å². The summed E-state index contributed by atoms with van der Waals surface area (Å²) in [4.78, 5) is 3.54. The molecular weight excluding hydrogens is 242 g/mol. The Balaban J connectivity index is 2.05. The summed E-state index contributed by atoms with van der Waals surface area (Å²) in [7, 11) is 0. The number of benzene rings is 3. The summed E-state index contributed by atoms with van der Waals surface area (Å²) in [6.45, 7) is 7.19. The highest BCUT2D eigenvalue weighted by Gasteiger charge is 1.98. The van der Waals surface area contributed by atoms with Crippen LogP contribution in [0.2, 0.25) is 0 Å². The van der Waals surface area contributed by atoms with Gasteiger partial charge >= 0.3 is 0 Å². The van der Waals surface area contributed by atoms with Crippen molar-refractivity contribution in [2.75, 3.05) is 0 Å². The van der Waals surface area contributed by atoms with Gasteiger partial charge in [-0.2, -0.15) is 0 Å². The second kappa shape index (κ2) is 5.42. The van der Waals surface area contributed by atoms with Crippen molar-refractivity contribution in [2.24, 2.45) is 0 Å². The highest BCUT2D eigenvalue weighted by Crippen LogP contribution is 2.24. The molecule has 0 radical (unpaired) electrons. The van der Waals surface area contributed by atoms with Crippen LogP contribution in [0.15, 0.2) is 66.7 Å². The third-order valence-corrected chi connectivity index (χ3v) is 3.32. The molecule has 0 saturated heterocycles. The Bertz CT molecular complexity index is 817. The molecule has 3 rings (SSSR count). The molecule has 0 amide bonds. The van der Waals surface area contributed by atoms with Crippen LogP contribution in [0.1, 0.15) is 11.1 Å². The molecule has 0 atom stereocenters. The Morgan fingerprint density at radius 3 is 2.25 bits per heavy atom. The van der Waals surface area contributed by atoms with E-state index in [1.54, 1.807) is 0 Å². The highest BCUT2D eigenvalue weighted by molar-refractivity contribution is 5.93. The molecule has 0 saturated carbocycles. The molecule has 0 bridgehead atoms. The fraction of sp³-hybridized carbons (Fsp3) is 0. The highest BCUT2D eigenvalue weighted by atomic mass is 14.6. The number of fused-ring (bicyclic) bond motifs is 1. The predicted octanol–water partition coefficient (Wildman–Crippen LogP) is 5.56. The lowest BCUT2D eigenvalue weighted by Gasteiger charge is -2.02. The SMILES string of the molecule is [C-]#[N+]c1ccccc1/C=C/c1cccc2ccccc12. The van der Waals surface area contributed by atoms with E-state index in [4.69, 9.17) is 6.57 Å². The monoisotopic (exact) mass is 255 g/mol. The zero-order chi connectivity index (χ0) is 13.8. The van der Waals surface area contributed by atoms with Crippen LogP contribution in [-0.4, -0.2) is 0 Å². The second-order valence-corrected chi connectivity index (χ2v) is 4.57. The maximum absolute atomic E-state index is 7.19. The first-order valence-electron chi connectivity index (χ1n) is 6.51. The molecule has 3 aromatic rings. The molecule has 20 heavy (non-hydrogen) atoms. The number of hydrogen-bond acceptors (Lipinski definition) is 0. The lowest BCUT2D eigenvalue weighted by molar-refractivity contribution is 1.67. The molecular formula is C19H13N. The summed E-state index contributed by atoms with van der Waals surface area (Å²) in [6, 6.07) is 22.2. The minimum Gasteiger partial charge on any atom is -0.238 e. The first-order chi connectivity index (χ1) is 9.88. The van der Waals surface area contributed by atoms with Gasteiger partial charge in [0.25, 0.3) is 0 Å². The van der Waals surface area contributed by atoms with Gasteiger partial charge in [0.15, 0.2) is 5.69 Å². The Hall–Kier alpha value is -2.85. The van der Waals surface area contributed by atoms with E-state index in [2.05, 4.69) is 41.3 Å². The molecule has 1 nitrogen and oxygen atoms in total. The largest absolute Gasteiger partial charge is 0.238 e. The molecule has 0 aromatic heterocycles. The lowest BCUT2D eigenvalue weighted by Crippen LogP contribution is -1.78. The predicted molar refractivity (Wildman–Crippen MR) is 85.6 cm³/mol. The molecule has 3 aromatic carbocycles. The maximum Gasteiger partial charge on any atom is 0.194 e. The minimum atomic E-state index is 0.684.